The van der Waals surface area contributed by atoms with Gasteiger partial charge in [-0.1, -0.05) is 23.7 Å². The molecule has 0 aliphatic carbocycles. The van der Waals surface area contributed by atoms with Crippen molar-refractivity contribution in [2.75, 3.05) is 0 Å². The maximum absolute atomic E-state index is 11.0. The van der Waals surface area contributed by atoms with Gasteiger partial charge < -0.3 is 4.74 Å². The summed E-state index contributed by atoms with van der Waals surface area (Å²) in [6.07, 6.45) is 1.56. The van der Waals surface area contributed by atoms with Crippen LogP contribution in [0.15, 0.2) is 36.5 Å². The number of benzene rings is 1. The Morgan fingerprint density at radius 1 is 1.42 bits per heavy atom. The molecule has 0 saturated carbocycles. The van der Waals surface area contributed by atoms with E-state index >= 15 is 0 Å². The predicted octanol–water partition coefficient (Wildman–Crippen LogP) is 3.53. The number of rotatable bonds is 4. The van der Waals surface area contributed by atoms with Gasteiger partial charge in [-0.05, 0) is 30.7 Å². The van der Waals surface area contributed by atoms with Gasteiger partial charge >= 0.3 is 5.69 Å². The van der Waals surface area contributed by atoms with E-state index in [0.29, 0.717) is 10.7 Å². The van der Waals surface area contributed by atoms with Crippen molar-refractivity contribution in [3.05, 3.63) is 62.9 Å². The summed E-state index contributed by atoms with van der Waals surface area (Å²) in [4.78, 5) is 14.4. The number of nitro benzene ring substituents is 1. The molecule has 0 spiro atoms. The first-order chi connectivity index (χ1) is 9.08. The first kappa shape index (κ1) is 13.3. The number of para-hydroxylation sites is 1. The molecule has 0 N–H and O–H groups in total. The number of pyridine rings is 1. The lowest BCUT2D eigenvalue weighted by atomic mass is 10.2. The Hall–Kier alpha value is -2.14. The molecule has 98 valence electrons. The third kappa shape index (κ3) is 3.20. The summed E-state index contributed by atoms with van der Waals surface area (Å²) in [6, 6.07) is 8.37. The van der Waals surface area contributed by atoms with E-state index in [2.05, 4.69) is 4.98 Å². The highest BCUT2D eigenvalue weighted by Crippen LogP contribution is 2.30. The van der Waals surface area contributed by atoms with Crippen LogP contribution in [-0.2, 0) is 6.61 Å². The van der Waals surface area contributed by atoms with Crippen LogP contribution in [0.3, 0.4) is 0 Å². The van der Waals surface area contributed by atoms with Gasteiger partial charge in [0.1, 0.15) is 11.8 Å². The SMILES string of the molecule is Cc1cccc(OCc2ccnc(Cl)c2)c1[N+](=O)[O-]. The van der Waals surface area contributed by atoms with Gasteiger partial charge in [0, 0.05) is 11.8 Å². The standard InChI is InChI=1S/C13H11ClN2O3/c1-9-3-2-4-11(13(9)16(17)18)19-8-10-5-6-15-12(14)7-10/h2-7H,8H2,1H3. The number of aromatic nitrogens is 1. The molecule has 2 rings (SSSR count). The van der Waals surface area contributed by atoms with E-state index in [9.17, 15) is 10.1 Å². The summed E-state index contributed by atoms with van der Waals surface area (Å²) < 4.78 is 5.49. The summed E-state index contributed by atoms with van der Waals surface area (Å²) in [6.45, 7) is 1.88. The number of aryl methyl sites for hydroxylation is 1. The molecular weight excluding hydrogens is 268 g/mol. The molecule has 0 bridgehead atoms. The third-order valence-corrected chi connectivity index (χ3v) is 2.78. The van der Waals surface area contributed by atoms with Gasteiger partial charge in [0.05, 0.1) is 4.92 Å². The van der Waals surface area contributed by atoms with Crippen molar-refractivity contribution < 1.29 is 9.66 Å². The van der Waals surface area contributed by atoms with Gasteiger partial charge in [-0.3, -0.25) is 10.1 Å². The first-order valence-electron chi connectivity index (χ1n) is 5.55. The molecule has 6 heteroatoms. The largest absolute Gasteiger partial charge is 0.482 e. The average molecular weight is 279 g/mol. The minimum atomic E-state index is -0.440. The van der Waals surface area contributed by atoms with Crippen molar-refractivity contribution >= 4 is 17.3 Å². The summed E-state index contributed by atoms with van der Waals surface area (Å²) in [7, 11) is 0. The van der Waals surface area contributed by atoms with Crippen LogP contribution < -0.4 is 4.74 Å². The van der Waals surface area contributed by atoms with Crippen molar-refractivity contribution in [3.63, 3.8) is 0 Å². The fourth-order valence-corrected chi connectivity index (χ4v) is 1.87. The molecule has 0 radical (unpaired) electrons. The maximum atomic E-state index is 11.0. The summed E-state index contributed by atoms with van der Waals surface area (Å²) in [5.74, 6) is 0.248. The lowest BCUT2D eigenvalue weighted by Gasteiger charge is -2.08. The maximum Gasteiger partial charge on any atom is 0.313 e. The quantitative estimate of drug-likeness (QED) is 0.487. The Labute approximate surface area is 115 Å². The van der Waals surface area contributed by atoms with Gasteiger partial charge in [-0.2, -0.15) is 0 Å². The number of ether oxygens (including phenoxy) is 1. The average Bonchev–Trinajstić information content (AvgIpc) is 2.36. The molecule has 0 unspecified atom stereocenters. The Morgan fingerprint density at radius 2 is 2.21 bits per heavy atom. The molecule has 0 aliphatic rings. The van der Waals surface area contributed by atoms with E-state index in [4.69, 9.17) is 16.3 Å². The van der Waals surface area contributed by atoms with E-state index in [-0.39, 0.29) is 18.0 Å². The van der Waals surface area contributed by atoms with E-state index in [1.165, 1.54) is 0 Å². The molecule has 5 nitrogen and oxygen atoms in total. The fourth-order valence-electron chi connectivity index (χ4n) is 1.68. The van der Waals surface area contributed by atoms with Crippen molar-refractivity contribution in [1.29, 1.82) is 0 Å². The summed E-state index contributed by atoms with van der Waals surface area (Å²) in [5.41, 5.74) is 1.36. The van der Waals surface area contributed by atoms with Crippen LogP contribution in [0.5, 0.6) is 5.75 Å². The Morgan fingerprint density at radius 3 is 2.89 bits per heavy atom. The Kier molecular flexibility index (Phi) is 3.97. The number of halogens is 1. The van der Waals surface area contributed by atoms with E-state index in [0.717, 1.165) is 5.56 Å². The topological polar surface area (TPSA) is 65.3 Å². The fraction of sp³-hybridized carbons (Fsp3) is 0.154. The third-order valence-electron chi connectivity index (χ3n) is 2.57. The molecule has 0 amide bonds. The van der Waals surface area contributed by atoms with Crippen LogP contribution in [0.1, 0.15) is 11.1 Å². The normalized spacial score (nSPS) is 10.2. The van der Waals surface area contributed by atoms with Gasteiger partial charge in [-0.15, -0.1) is 0 Å². The van der Waals surface area contributed by atoms with Crippen LogP contribution in [0, 0.1) is 17.0 Å². The predicted molar refractivity (Wildman–Crippen MR) is 71.4 cm³/mol. The molecule has 0 saturated heterocycles. The molecule has 0 fully saturated rings. The highest BCUT2D eigenvalue weighted by molar-refractivity contribution is 6.29. The van der Waals surface area contributed by atoms with Gasteiger partial charge in [0.2, 0.25) is 0 Å². The molecule has 1 aromatic carbocycles. The van der Waals surface area contributed by atoms with Crippen LogP contribution in [0.2, 0.25) is 5.15 Å². The van der Waals surface area contributed by atoms with Crippen molar-refractivity contribution in [1.82, 2.24) is 4.98 Å². The zero-order valence-corrected chi connectivity index (χ0v) is 10.9. The lowest BCUT2D eigenvalue weighted by Crippen LogP contribution is -2.00. The highest BCUT2D eigenvalue weighted by atomic mass is 35.5. The molecule has 0 atom stereocenters. The smallest absolute Gasteiger partial charge is 0.313 e. The number of nitro groups is 1. The molecule has 1 heterocycles. The Balaban J connectivity index is 2.20. The lowest BCUT2D eigenvalue weighted by molar-refractivity contribution is -0.386. The van der Waals surface area contributed by atoms with E-state index in [1.54, 1.807) is 43.5 Å². The van der Waals surface area contributed by atoms with Crippen LogP contribution in [-0.4, -0.2) is 9.91 Å². The number of hydrogen-bond acceptors (Lipinski definition) is 4. The van der Waals surface area contributed by atoms with Crippen LogP contribution >= 0.6 is 11.6 Å². The number of nitrogens with zero attached hydrogens (tertiary/aromatic N) is 2. The molecular formula is C13H11ClN2O3. The number of hydrogen-bond donors (Lipinski definition) is 0. The van der Waals surface area contributed by atoms with E-state index < -0.39 is 4.92 Å². The molecule has 19 heavy (non-hydrogen) atoms. The van der Waals surface area contributed by atoms with E-state index in [1.807, 2.05) is 0 Å². The minimum absolute atomic E-state index is 0.0114. The molecule has 1 aromatic heterocycles. The molecule has 2 aromatic rings. The van der Waals surface area contributed by atoms with Gasteiger partial charge in [0.25, 0.3) is 0 Å². The first-order valence-corrected chi connectivity index (χ1v) is 5.93. The zero-order chi connectivity index (χ0) is 13.8. The van der Waals surface area contributed by atoms with Crippen molar-refractivity contribution in [3.8, 4) is 5.75 Å². The van der Waals surface area contributed by atoms with Crippen molar-refractivity contribution in [2.24, 2.45) is 0 Å². The van der Waals surface area contributed by atoms with Crippen LogP contribution in [0.25, 0.3) is 0 Å². The second-order valence-electron chi connectivity index (χ2n) is 3.95. The monoisotopic (exact) mass is 278 g/mol. The summed E-state index contributed by atoms with van der Waals surface area (Å²) >= 11 is 5.76. The van der Waals surface area contributed by atoms with Gasteiger partial charge in [-0.25, -0.2) is 4.98 Å². The minimum Gasteiger partial charge on any atom is -0.482 e. The Bertz CT molecular complexity index is 617. The zero-order valence-electron chi connectivity index (χ0n) is 10.2. The second-order valence-corrected chi connectivity index (χ2v) is 4.34. The molecule has 0 aliphatic heterocycles. The van der Waals surface area contributed by atoms with Gasteiger partial charge in [0.15, 0.2) is 5.75 Å². The highest BCUT2D eigenvalue weighted by Gasteiger charge is 2.17. The van der Waals surface area contributed by atoms with Crippen molar-refractivity contribution in [2.45, 2.75) is 13.5 Å². The van der Waals surface area contributed by atoms with Crippen LogP contribution in [0.4, 0.5) is 5.69 Å². The summed E-state index contributed by atoms with van der Waals surface area (Å²) in [5, 5.41) is 11.4. The second kappa shape index (κ2) is 5.67.